The summed E-state index contributed by atoms with van der Waals surface area (Å²) in [6, 6.07) is 24.3. The monoisotopic (exact) mass is 351 g/mol. The molecule has 2 aromatic carbocycles. The maximum absolute atomic E-state index is 9.40. The number of hydrogen-bond acceptors (Lipinski definition) is 3. The summed E-state index contributed by atoms with van der Waals surface area (Å²) < 4.78 is 0. The van der Waals surface area contributed by atoms with Gasteiger partial charge in [-0.05, 0) is 29.7 Å². The van der Waals surface area contributed by atoms with Crippen LogP contribution in [-0.4, -0.2) is 11.4 Å². The number of nitriles is 2. The maximum Gasteiger partial charge on any atom is 0.137 e. The van der Waals surface area contributed by atoms with Gasteiger partial charge in [0.1, 0.15) is 17.7 Å². The number of rotatable bonds is 5. The highest BCUT2D eigenvalue weighted by molar-refractivity contribution is 5.84. The summed E-state index contributed by atoms with van der Waals surface area (Å²) in [5.74, 6) is 0. The van der Waals surface area contributed by atoms with Crippen molar-refractivity contribution in [1.82, 2.24) is 4.90 Å². The van der Waals surface area contributed by atoms with E-state index in [0.29, 0.717) is 5.57 Å². The predicted octanol–water partition coefficient (Wildman–Crippen LogP) is 5.53. The Kier molecular flexibility index (Phi) is 5.87. The lowest BCUT2D eigenvalue weighted by atomic mass is 9.95. The van der Waals surface area contributed by atoms with Crippen LogP contribution in [0.25, 0.3) is 11.4 Å². The van der Waals surface area contributed by atoms with Gasteiger partial charge in [0, 0.05) is 23.5 Å². The van der Waals surface area contributed by atoms with Crippen LogP contribution in [-0.2, 0) is 0 Å². The molecule has 0 amide bonds. The Balaban J connectivity index is 2.22. The fourth-order valence-corrected chi connectivity index (χ4v) is 3.17. The van der Waals surface area contributed by atoms with Gasteiger partial charge in [0.2, 0.25) is 0 Å². The third-order valence-corrected chi connectivity index (χ3v) is 4.55. The van der Waals surface area contributed by atoms with E-state index in [9.17, 15) is 10.5 Å². The SMILES string of the molecule is CCCCN1C(c2ccccc2)=CC(=C(C#N)C#N)C=C1c1ccccc1. The molecule has 3 nitrogen and oxygen atoms in total. The van der Waals surface area contributed by atoms with Gasteiger partial charge in [-0.25, -0.2) is 0 Å². The lowest BCUT2D eigenvalue weighted by Gasteiger charge is -2.33. The first-order chi connectivity index (χ1) is 13.3. The molecule has 0 bridgehead atoms. The van der Waals surface area contributed by atoms with Crippen LogP contribution in [0.1, 0.15) is 30.9 Å². The van der Waals surface area contributed by atoms with Gasteiger partial charge in [0.15, 0.2) is 0 Å². The summed E-state index contributed by atoms with van der Waals surface area (Å²) in [6.07, 6.45) is 6.06. The molecule has 3 heteroatoms. The molecule has 27 heavy (non-hydrogen) atoms. The van der Waals surface area contributed by atoms with E-state index in [2.05, 4.69) is 36.1 Å². The van der Waals surface area contributed by atoms with Crippen molar-refractivity contribution in [3.8, 4) is 12.1 Å². The Bertz CT molecular complexity index is 892. The zero-order valence-corrected chi connectivity index (χ0v) is 15.4. The van der Waals surface area contributed by atoms with Crippen LogP contribution in [0.2, 0.25) is 0 Å². The van der Waals surface area contributed by atoms with Gasteiger partial charge >= 0.3 is 0 Å². The first kappa shape index (κ1) is 18.2. The fourth-order valence-electron chi connectivity index (χ4n) is 3.17. The van der Waals surface area contributed by atoms with E-state index in [1.807, 2.05) is 60.7 Å². The Labute approximate surface area is 160 Å². The standard InChI is InChI=1S/C24H21N3/c1-2-3-14-27-23(19-10-6-4-7-11-19)15-21(22(17-25)18-26)16-24(27)20-12-8-5-9-13-20/h4-13,15-16H,2-3,14H2,1H3. The molecule has 0 unspecified atom stereocenters. The lowest BCUT2D eigenvalue weighted by molar-refractivity contribution is 0.523. The maximum atomic E-state index is 9.40. The smallest absolute Gasteiger partial charge is 0.137 e. The van der Waals surface area contributed by atoms with Gasteiger partial charge in [0.25, 0.3) is 0 Å². The molecule has 0 atom stereocenters. The van der Waals surface area contributed by atoms with E-state index < -0.39 is 0 Å². The molecule has 132 valence electrons. The van der Waals surface area contributed by atoms with Crippen LogP contribution in [0.3, 0.4) is 0 Å². The van der Waals surface area contributed by atoms with Crippen molar-refractivity contribution < 1.29 is 0 Å². The molecule has 0 fully saturated rings. The molecule has 0 N–H and O–H groups in total. The van der Waals surface area contributed by atoms with Crippen LogP contribution in [0.5, 0.6) is 0 Å². The molecule has 0 aliphatic carbocycles. The second-order valence-corrected chi connectivity index (χ2v) is 6.35. The predicted molar refractivity (Wildman–Crippen MR) is 109 cm³/mol. The third kappa shape index (κ3) is 4.00. The van der Waals surface area contributed by atoms with E-state index in [-0.39, 0.29) is 5.57 Å². The largest absolute Gasteiger partial charge is 0.340 e. The molecule has 0 saturated carbocycles. The minimum atomic E-state index is 0.131. The minimum Gasteiger partial charge on any atom is -0.340 e. The van der Waals surface area contributed by atoms with E-state index in [1.54, 1.807) is 0 Å². The van der Waals surface area contributed by atoms with Gasteiger partial charge in [0.05, 0.1) is 0 Å². The fraction of sp³-hybridized carbons (Fsp3) is 0.167. The molecule has 1 heterocycles. The molecule has 1 aliphatic heterocycles. The molecule has 0 saturated heterocycles. The highest BCUT2D eigenvalue weighted by Crippen LogP contribution is 2.36. The molecule has 2 aromatic rings. The second-order valence-electron chi connectivity index (χ2n) is 6.35. The summed E-state index contributed by atoms with van der Waals surface area (Å²) in [5, 5.41) is 18.8. The number of unbranched alkanes of at least 4 members (excludes halogenated alkanes) is 1. The summed E-state index contributed by atoms with van der Waals surface area (Å²) >= 11 is 0. The Morgan fingerprint density at radius 3 is 1.70 bits per heavy atom. The van der Waals surface area contributed by atoms with Crippen LogP contribution < -0.4 is 0 Å². The zero-order valence-electron chi connectivity index (χ0n) is 15.4. The zero-order chi connectivity index (χ0) is 19.1. The summed E-state index contributed by atoms with van der Waals surface area (Å²) in [5.41, 5.74) is 4.97. The third-order valence-electron chi connectivity index (χ3n) is 4.55. The van der Waals surface area contributed by atoms with Gasteiger partial charge in [-0.15, -0.1) is 0 Å². The number of benzene rings is 2. The van der Waals surface area contributed by atoms with Gasteiger partial charge in [-0.2, -0.15) is 10.5 Å². The van der Waals surface area contributed by atoms with E-state index in [4.69, 9.17) is 0 Å². The number of allylic oxidation sites excluding steroid dienone is 4. The van der Waals surface area contributed by atoms with Crippen LogP contribution in [0, 0.1) is 22.7 Å². The van der Waals surface area contributed by atoms with Crippen molar-refractivity contribution in [1.29, 1.82) is 10.5 Å². The van der Waals surface area contributed by atoms with Gasteiger partial charge < -0.3 is 4.90 Å². The molecule has 0 spiro atoms. The molecule has 0 radical (unpaired) electrons. The van der Waals surface area contributed by atoms with Crippen molar-refractivity contribution in [3.63, 3.8) is 0 Å². The van der Waals surface area contributed by atoms with E-state index in [1.165, 1.54) is 0 Å². The van der Waals surface area contributed by atoms with Crippen molar-refractivity contribution >= 4 is 11.4 Å². The normalized spacial score (nSPS) is 13.3. The average molecular weight is 351 g/mol. The van der Waals surface area contributed by atoms with Crippen LogP contribution in [0.4, 0.5) is 0 Å². The summed E-state index contributed by atoms with van der Waals surface area (Å²) in [6.45, 7) is 3.05. The highest BCUT2D eigenvalue weighted by Gasteiger charge is 2.23. The number of hydrogen-bond donors (Lipinski definition) is 0. The van der Waals surface area contributed by atoms with Gasteiger partial charge in [-0.1, -0.05) is 74.0 Å². The number of nitrogens with zero attached hydrogens (tertiary/aromatic N) is 3. The minimum absolute atomic E-state index is 0.131. The Hall–Kier alpha value is -3.56. The summed E-state index contributed by atoms with van der Waals surface area (Å²) in [7, 11) is 0. The second kappa shape index (κ2) is 8.70. The molecular weight excluding hydrogens is 330 g/mol. The van der Waals surface area contributed by atoms with E-state index in [0.717, 1.165) is 41.9 Å². The average Bonchev–Trinajstić information content (AvgIpc) is 2.74. The Morgan fingerprint density at radius 1 is 0.815 bits per heavy atom. The first-order valence-corrected chi connectivity index (χ1v) is 9.14. The van der Waals surface area contributed by atoms with Gasteiger partial charge in [-0.3, -0.25) is 0 Å². The molecule has 1 aliphatic rings. The molecule has 0 aromatic heterocycles. The molecule has 3 rings (SSSR count). The Morgan fingerprint density at radius 2 is 1.30 bits per heavy atom. The van der Waals surface area contributed by atoms with Crippen molar-refractivity contribution in [2.24, 2.45) is 0 Å². The first-order valence-electron chi connectivity index (χ1n) is 9.14. The van der Waals surface area contributed by atoms with E-state index >= 15 is 0 Å². The van der Waals surface area contributed by atoms with Crippen molar-refractivity contribution in [3.05, 3.63) is 95.1 Å². The lowest BCUT2D eigenvalue weighted by Crippen LogP contribution is -2.24. The summed E-state index contributed by atoms with van der Waals surface area (Å²) in [4.78, 5) is 2.30. The van der Waals surface area contributed by atoms with Crippen molar-refractivity contribution in [2.75, 3.05) is 6.54 Å². The van der Waals surface area contributed by atoms with Crippen molar-refractivity contribution in [2.45, 2.75) is 19.8 Å². The molecular formula is C24H21N3. The topological polar surface area (TPSA) is 50.8 Å². The van der Waals surface area contributed by atoms with Crippen LogP contribution in [0.15, 0.2) is 84.0 Å². The quantitative estimate of drug-likeness (QED) is 0.666. The van der Waals surface area contributed by atoms with Crippen LogP contribution >= 0.6 is 0 Å². The highest BCUT2D eigenvalue weighted by atomic mass is 15.2.